The zero-order valence-corrected chi connectivity index (χ0v) is 18.3. The van der Waals surface area contributed by atoms with Crippen molar-refractivity contribution in [3.8, 4) is 0 Å². The van der Waals surface area contributed by atoms with Crippen molar-refractivity contribution < 1.29 is 14.9 Å². The van der Waals surface area contributed by atoms with Gasteiger partial charge in [-0.05, 0) is 67.3 Å². The van der Waals surface area contributed by atoms with E-state index in [9.17, 15) is 10.2 Å². The number of rotatable bonds is 8. The van der Waals surface area contributed by atoms with E-state index in [-0.39, 0.29) is 11.8 Å². The largest absolute Gasteiger partial charge is 0.381 e. The van der Waals surface area contributed by atoms with E-state index >= 15 is 0 Å². The summed E-state index contributed by atoms with van der Waals surface area (Å²) in [5, 5.41) is 23.8. The molecule has 1 saturated carbocycles. The fourth-order valence-electron chi connectivity index (χ4n) is 5.50. The van der Waals surface area contributed by atoms with Crippen LogP contribution in [0.2, 0.25) is 0 Å². The van der Waals surface area contributed by atoms with Crippen LogP contribution in [0.1, 0.15) is 53.4 Å². The van der Waals surface area contributed by atoms with E-state index in [4.69, 9.17) is 4.74 Å². The zero-order chi connectivity index (χ0) is 19.4. The molecule has 1 aliphatic carbocycles. The van der Waals surface area contributed by atoms with Crippen molar-refractivity contribution in [2.75, 3.05) is 19.1 Å². The smallest absolute Gasteiger partial charge is 0.110 e. The van der Waals surface area contributed by atoms with Crippen molar-refractivity contribution >= 4 is 11.8 Å². The van der Waals surface area contributed by atoms with Gasteiger partial charge in [-0.1, -0.05) is 27.7 Å². The van der Waals surface area contributed by atoms with Gasteiger partial charge >= 0.3 is 0 Å². The summed E-state index contributed by atoms with van der Waals surface area (Å²) >= 11 is 1.81. The first-order chi connectivity index (χ1) is 12.3. The van der Waals surface area contributed by atoms with Crippen LogP contribution in [0.15, 0.2) is 0 Å². The summed E-state index contributed by atoms with van der Waals surface area (Å²) < 4.78 is 5.97. The van der Waals surface area contributed by atoms with Crippen LogP contribution >= 0.6 is 11.8 Å². The molecule has 4 nitrogen and oxygen atoms in total. The molecule has 0 aromatic rings. The fraction of sp³-hybridized carbons (Fsp3) is 1.00. The molecule has 3 N–H and O–H groups in total. The van der Waals surface area contributed by atoms with Gasteiger partial charge < -0.3 is 14.9 Å². The number of thioether (sulfide) groups is 1. The highest BCUT2D eigenvalue weighted by Crippen LogP contribution is 2.46. The van der Waals surface area contributed by atoms with Gasteiger partial charge in [0.05, 0.1) is 6.10 Å². The molecule has 1 heterocycles. The second-order valence-corrected chi connectivity index (χ2v) is 10.2. The van der Waals surface area contributed by atoms with Crippen LogP contribution in [0, 0.1) is 41.4 Å². The molecular formula is C21H41NO3S. The van der Waals surface area contributed by atoms with Crippen molar-refractivity contribution in [1.82, 2.24) is 5.32 Å². The Bertz CT molecular complexity index is 402. The number of aliphatic hydroxyl groups excluding tert-OH is 2. The van der Waals surface area contributed by atoms with E-state index < -0.39 is 12.5 Å². The molecule has 0 aromatic heterocycles. The molecule has 0 bridgehead atoms. The second-order valence-electron chi connectivity index (χ2n) is 9.25. The van der Waals surface area contributed by atoms with Gasteiger partial charge in [-0.25, -0.2) is 0 Å². The Kier molecular flexibility index (Phi) is 8.74. The highest BCUT2D eigenvalue weighted by Gasteiger charge is 2.45. The lowest BCUT2D eigenvalue weighted by molar-refractivity contribution is -0.0725. The normalized spacial score (nSPS) is 41.3. The first kappa shape index (κ1) is 22.5. The molecule has 154 valence electrons. The maximum Gasteiger partial charge on any atom is 0.110 e. The molecule has 2 rings (SSSR count). The van der Waals surface area contributed by atoms with E-state index in [0.29, 0.717) is 35.7 Å². The van der Waals surface area contributed by atoms with Gasteiger partial charge in [-0.3, -0.25) is 5.32 Å². The van der Waals surface area contributed by atoms with Crippen molar-refractivity contribution in [2.24, 2.45) is 41.4 Å². The molecule has 0 amide bonds. The second kappa shape index (κ2) is 10.1. The third-order valence-electron chi connectivity index (χ3n) is 7.00. The van der Waals surface area contributed by atoms with Gasteiger partial charge in [0.25, 0.3) is 0 Å². The Morgan fingerprint density at radius 1 is 1.00 bits per heavy atom. The first-order valence-corrected chi connectivity index (χ1v) is 11.8. The Labute approximate surface area is 164 Å². The fourth-order valence-corrected chi connectivity index (χ4v) is 6.01. The molecule has 6 unspecified atom stereocenters. The molecule has 6 atom stereocenters. The van der Waals surface area contributed by atoms with Gasteiger partial charge in [0.15, 0.2) is 0 Å². The SMILES string of the molecule is COC1C(C(C)C)CC(CC2C(O)NC(O)C2CCSC)CC1C(C)C. The Balaban J connectivity index is 2.11. The van der Waals surface area contributed by atoms with Crippen LogP contribution in [-0.2, 0) is 4.74 Å². The lowest BCUT2D eigenvalue weighted by Gasteiger charge is -2.45. The topological polar surface area (TPSA) is 61.7 Å². The molecule has 1 saturated heterocycles. The summed E-state index contributed by atoms with van der Waals surface area (Å²) in [7, 11) is 1.87. The van der Waals surface area contributed by atoms with Crippen LogP contribution in [0.5, 0.6) is 0 Å². The summed E-state index contributed by atoms with van der Waals surface area (Å²) in [6.45, 7) is 9.25. The monoisotopic (exact) mass is 387 g/mol. The van der Waals surface area contributed by atoms with Crippen molar-refractivity contribution in [3.05, 3.63) is 0 Å². The average Bonchev–Trinajstić information content (AvgIpc) is 2.85. The van der Waals surface area contributed by atoms with Crippen LogP contribution < -0.4 is 5.32 Å². The molecule has 0 spiro atoms. The average molecular weight is 388 g/mol. The molecule has 2 aliphatic rings. The van der Waals surface area contributed by atoms with Gasteiger partial charge in [-0.2, -0.15) is 11.8 Å². The molecule has 26 heavy (non-hydrogen) atoms. The lowest BCUT2D eigenvalue weighted by atomic mass is 9.64. The minimum atomic E-state index is -0.577. The minimum absolute atomic E-state index is 0.155. The standard InChI is InChI=1S/C21H41NO3S/c1-12(2)16-9-14(10-17(13(3)4)19(16)25-5)11-18-15(7-8-26-6)20(23)22-21(18)24/h12-24H,7-11H2,1-6H3. The molecule has 1 aliphatic heterocycles. The van der Waals surface area contributed by atoms with Crippen molar-refractivity contribution in [3.63, 3.8) is 0 Å². The van der Waals surface area contributed by atoms with Gasteiger partial charge in [0.2, 0.25) is 0 Å². The van der Waals surface area contributed by atoms with Crippen LogP contribution in [0.25, 0.3) is 0 Å². The predicted octanol–water partition coefficient (Wildman–Crippen LogP) is 3.57. The number of hydrogen-bond acceptors (Lipinski definition) is 5. The minimum Gasteiger partial charge on any atom is -0.381 e. The van der Waals surface area contributed by atoms with E-state index in [1.807, 2.05) is 18.9 Å². The van der Waals surface area contributed by atoms with Crippen molar-refractivity contribution in [2.45, 2.75) is 71.9 Å². The van der Waals surface area contributed by atoms with Crippen LogP contribution in [0.4, 0.5) is 0 Å². The summed E-state index contributed by atoms with van der Waals surface area (Å²) in [5.41, 5.74) is 0. The summed E-state index contributed by atoms with van der Waals surface area (Å²) in [5.74, 6) is 4.31. The maximum absolute atomic E-state index is 10.5. The number of ether oxygens (including phenoxy) is 1. The van der Waals surface area contributed by atoms with E-state index in [1.165, 1.54) is 12.8 Å². The maximum atomic E-state index is 10.5. The molecule has 0 aromatic carbocycles. The Morgan fingerprint density at radius 3 is 2.00 bits per heavy atom. The summed E-state index contributed by atoms with van der Waals surface area (Å²) in [6.07, 6.45) is 5.62. The number of hydrogen-bond donors (Lipinski definition) is 3. The first-order valence-electron chi connectivity index (χ1n) is 10.4. The van der Waals surface area contributed by atoms with E-state index in [2.05, 4.69) is 39.3 Å². The van der Waals surface area contributed by atoms with Gasteiger partial charge in [0, 0.05) is 18.9 Å². The number of aliphatic hydroxyl groups is 2. The number of methoxy groups -OCH3 is 1. The summed E-state index contributed by atoms with van der Waals surface area (Å²) in [6, 6.07) is 0. The Hall–Kier alpha value is 0.190. The third-order valence-corrected chi connectivity index (χ3v) is 7.65. The highest BCUT2D eigenvalue weighted by molar-refractivity contribution is 7.98. The van der Waals surface area contributed by atoms with Crippen molar-refractivity contribution in [1.29, 1.82) is 0 Å². The highest BCUT2D eigenvalue weighted by atomic mass is 32.2. The third kappa shape index (κ3) is 5.16. The van der Waals surface area contributed by atoms with E-state index in [1.54, 1.807) is 0 Å². The van der Waals surface area contributed by atoms with Crippen LogP contribution in [0.3, 0.4) is 0 Å². The quantitative estimate of drug-likeness (QED) is 0.594. The molecular weight excluding hydrogens is 346 g/mol. The predicted molar refractivity (Wildman–Crippen MR) is 110 cm³/mol. The van der Waals surface area contributed by atoms with Gasteiger partial charge in [0.1, 0.15) is 12.5 Å². The number of nitrogens with one attached hydrogen (secondary N) is 1. The van der Waals surface area contributed by atoms with Gasteiger partial charge in [-0.15, -0.1) is 0 Å². The molecule has 5 heteroatoms. The lowest BCUT2D eigenvalue weighted by Crippen LogP contribution is -2.44. The molecule has 0 radical (unpaired) electrons. The van der Waals surface area contributed by atoms with E-state index in [0.717, 1.165) is 18.6 Å². The Morgan fingerprint density at radius 2 is 1.54 bits per heavy atom. The molecule has 2 fully saturated rings. The summed E-state index contributed by atoms with van der Waals surface area (Å²) in [4.78, 5) is 0. The zero-order valence-electron chi connectivity index (χ0n) is 17.5. The van der Waals surface area contributed by atoms with Crippen LogP contribution in [-0.4, -0.2) is 47.9 Å².